The van der Waals surface area contributed by atoms with Crippen molar-refractivity contribution in [1.82, 2.24) is 5.32 Å². The summed E-state index contributed by atoms with van der Waals surface area (Å²) in [6.07, 6.45) is 0. The zero-order valence-corrected chi connectivity index (χ0v) is 9.45. The molecule has 0 aliphatic heterocycles. The van der Waals surface area contributed by atoms with Gasteiger partial charge in [0.25, 0.3) is 5.91 Å². The van der Waals surface area contributed by atoms with E-state index in [0.29, 0.717) is 16.9 Å². The molecule has 5 N–H and O–H groups in total. The number of nitrogens with two attached hydrogens (primary N) is 1. The highest BCUT2D eigenvalue weighted by Gasteiger charge is 2.07. The van der Waals surface area contributed by atoms with Crippen LogP contribution in [0.5, 0.6) is 0 Å². The number of aliphatic hydroxyl groups excluding tert-OH is 1. The second-order valence-electron chi connectivity index (χ2n) is 3.61. The van der Waals surface area contributed by atoms with Gasteiger partial charge in [-0.2, -0.15) is 0 Å². The maximum Gasteiger partial charge on any atom is 0.251 e. The summed E-state index contributed by atoms with van der Waals surface area (Å²) in [5.74, 6) is -0.173. The first-order valence-corrected chi connectivity index (χ1v) is 5.07. The summed E-state index contributed by atoms with van der Waals surface area (Å²) in [5.41, 5.74) is 7.51. The van der Waals surface area contributed by atoms with Gasteiger partial charge in [-0.1, -0.05) is 0 Å². The van der Waals surface area contributed by atoms with Crippen molar-refractivity contribution in [2.45, 2.75) is 13.0 Å². The van der Waals surface area contributed by atoms with Gasteiger partial charge in [-0.15, -0.1) is 0 Å². The summed E-state index contributed by atoms with van der Waals surface area (Å²) in [4.78, 5) is 11.3. The molecule has 1 aromatic carbocycles. The van der Waals surface area contributed by atoms with Crippen LogP contribution in [0.15, 0.2) is 18.2 Å². The molecule has 5 heteroatoms. The van der Waals surface area contributed by atoms with Crippen molar-refractivity contribution >= 4 is 17.3 Å². The van der Waals surface area contributed by atoms with E-state index in [1.165, 1.54) is 0 Å². The van der Waals surface area contributed by atoms with Crippen LogP contribution in [0.4, 0.5) is 11.4 Å². The van der Waals surface area contributed by atoms with Crippen LogP contribution in [0.3, 0.4) is 0 Å². The average Bonchev–Trinajstić information content (AvgIpc) is 2.30. The number of anilines is 2. The summed E-state index contributed by atoms with van der Waals surface area (Å²) < 4.78 is 0. The van der Waals surface area contributed by atoms with Crippen LogP contribution in [0.25, 0.3) is 0 Å². The van der Waals surface area contributed by atoms with Crippen LogP contribution in [0.2, 0.25) is 0 Å². The zero-order chi connectivity index (χ0) is 12.1. The van der Waals surface area contributed by atoms with E-state index in [9.17, 15) is 4.79 Å². The first-order valence-electron chi connectivity index (χ1n) is 5.07. The number of nitrogens with one attached hydrogen (secondary N) is 2. The Hall–Kier alpha value is -1.75. The minimum absolute atomic E-state index is 0.0244. The molecular weight excluding hydrogens is 206 g/mol. The fourth-order valence-electron chi connectivity index (χ4n) is 1.29. The molecule has 0 saturated carbocycles. The van der Waals surface area contributed by atoms with Gasteiger partial charge in [0, 0.05) is 18.7 Å². The molecule has 0 heterocycles. The van der Waals surface area contributed by atoms with E-state index in [0.717, 1.165) is 0 Å². The number of hydrogen-bond acceptors (Lipinski definition) is 4. The van der Waals surface area contributed by atoms with E-state index in [1.54, 1.807) is 25.2 Å². The van der Waals surface area contributed by atoms with Crippen LogP contribution in [0.1, 0.15) is 17.3 Å². The van der Waals surface area contributed by atoms with Crippen LogP contribution < -0.4 is 16.4 Å². The van der Waals surface area contributed by atoms with Gasteiger partial charge in [-0.25, -0.2) is 0 Å². The Morgan fingerprint density at radius 2 is 2.25 bits per heavy atom. The minimum atomic E-state index is -0.173. The minimum Gasteiger partial charge on any atom is -0.397 e. The maximum absolute atomic E-state index is 11.3. The number of carbonyl (C=O) groups excluding carboxylic acids is 1. The first kappa shape index (κ1) is 12.3. The van der Waals surface area contributed by atoms with Crippen molar-refractivity contribution in [1.29, 1.82) is 0 Å². The lowest BCUT2D eigenvalue weighted by atomic mass is 10.1. The molecule has 0 fully saturated rings. The molecule has 0 bridgehead atoms. The third-order valence-electron chi connectivity index (χ3n) is 2.22. The maximum atomic E-state index is 11.3. The number of amides is 1. The highest BCUT2D eigenvalue weighted by molar-refractivity contribution is 5.95. The number of benzene rings is 1. The molecule has 1 aromatic rings. The monoisotopic (exact) mass is 223 g/mol. The van der Waals surface area contributed by atoms with Crippen LogP contribution >= 0.6 is 0 Å². The fourth-order valence-corrected chi connectivity index (χ4v) is 1.29. The Morgan fingerprint density at radius 1 is 1.56 bits per heavy atom. The molecule has 1 amide bonds. The van der Waals surface area contributed by atoms with Gasteiger partial charge in [0.05, 0.1) is 18.0 Å². The normalized spacial score (nSPS) is 11.9. The van der Waals surface area contributed by atoms with Gasteiger partial charge in [-0.3, -0.25) is 4.79 Å². The molecule has 16 heavy (non-hydrogen) atoms. The van der Waals surface area contributed by atoms with Crippen LogP contribution in [-0.2, 0) is 0 Å². The lowest BCUT2D eigenvalue weighted by Gasteiger charge is -2.14. The molecule has 0 radical (unpaired) electrons. The summed E-state index contributed by atoms with van der Waals surface area (Å²) in [7, 11) is 1.57. The van der Waals surface area contributed by atoms with Crippen LogP contribution in [0, 0.1) is 0 Å². The number of hydrogen-bond donors (Lipinski definition) is 4. The largest absolute Gasteiger partial charge is 0.397 e. The second-order valence-corrected chi connectivity index (χ2v) is 3.61. The van der Waals surface area contributed by atoms with Gasteiger partial charge in [0.15, 0.2) is 0 Å². The Morgan fingerprint density at radius 3 is 2.75 bits per heavy atom. The first-order chi connectivity index (χ1) is 7.58. The molecule has 0 saturated heterocycles. The van der Waals surface area contributed by atoms with Gasteiger partial charge < -0.3 is 21.5 Å². The van der Waals surface area contributed by atoms with E-state index < -0.39 is 0 Å². The summed E-state index contributed by atoms with van der Waals surface area (Å²) in [6, 6.07) is 4.94. The van der Waals surface area contributed by atoms with E-state index in [4.69, 9.17) is 10.8 Å². The SMILES string of the molecule is CNC(=O)c1ccc(NC(C)CO)c(N)c1. The van der Waals surface area contributed by atoms with Crippen molar-refractivity contribution < 1.29 is 9.90 Å². The Bertz CT molecular complexity index is 379. The van der Waals surface area contributed by atoms with E-state index in [-0.39, 0.29) is 18.6 Å². The number of rotatable bonds is 4. The van der Waals surface area contributed by atoms with Gasteiger partial charge >= 0.3 is 0 Å². The average molecular weight is 223 g/mol. The van der Waals surface area contributed by atoms with Crippen LogP contribution in [-0.4, -0.2) is 30.7 Å². The van der Waals surface area contributed by atoms with Gasteiger partial charge in [0.2, 0.25) is 0 Å². The summed E-state index contributed by atoms with van der Waals surface area (Å²) in [5, 5.41) is 14.5. The molecule has 88 valence electrons. The summed E-state index contributed by atoms with van der Waals surface area (Å²) >= 11 is 0. The topological polar surface area (TPSA) is 87.4 Å². The molecule has 0 aromatic heterocycles. The second kappa shape index (κ2) is 5.37. The van der Waals surface area contributed by atoms with Gasteiger partial charge in [-0.05, 0) is 25.1 Å². The molecule has 0 spiro atoms. The molecule has 1 rings (SSSR count). The highest BCUT2D eigenvalue weighted by Crippen LogP contribution is 2.20. The smallest absolute Gasteiger partial charge is 0.251 e. The number of nitrogen functional groups attached to an aromatic ring is 1. The summed E-state index contributed by atoms with van der Waals surface area (Å²) in [6.45, 7) is 1.86. The Kier molecular flexibility index (Phi) is 4.13. The van der Waals surface area contributed by atoms with Crippen molar-refractivity contribution in [3.63, 3.8) is 0 Å². The number of aliphatic hydroxyl groups is 1. The van der Waals surface area contributed by atoms with Crippen molar-refractivity contribution in [2.75, 3.05) is 24.7 Å². The molecule has 0 aliphatic carbocycles. The van der Waals surface area contributed by atoms with Gasteiger partial charge in [0.1, 0.15) is 0 Å². The molecule has 0 aliphatic rings. The molecular formula is C11H17N3O2. The Balaban J connectivity index is 2.87. The van der Waals surface area contributed by atoms with E-state index in [2.05, 4.69) is 10.6 Å². The molecule has 1 unspecified atom stereocenters. The number of carbonyl (C=O) groups is 1. The predicted molar refractivity (Wildman–Crippen MR) is 64.4 cm³/mol. The zero-order valence-electron chi connectivity index (χ0n) is 9.45. The third-order valence-corrected chi connectivity index (χ3v) is 2.22. The van der Waals surface area contributed by atoms with Crippen molar-refractivity contribution in [3.05, 3.63) is 23.8 Å². The quantitative estimate of drug-likeness (QED) is 0.557. The molecule has 1 atom stereocenters. The van der Waals surface area contributed by atoms with E-state index >= 15 is 0 Å². The third kappa shape index (κ3) is 2.87. The van der Waals surface area contributed by atoms with E-state index in [1.807, 2.05) is 6.92 Å². The van der Waals surface area contributed by atoms with Crippen molar-refractivity contribution in [3.8, 4) is 0 Å². The molecule has 5 nitrogen and oxygen atoms in total. The Labute approximate surface area is 94.7 Å². The standard InChI is InChI=1S/C11H17N3O2/c1-7(6-15)14-10-4-3-8(5-9(10)12)11(16)13-2/h3-5,7,14-15H,6,12H2,1-2H3,(H,13,16). The van der Waals surface area contributed by atoms with Crippen molar-refractivity contribution in [2.24, 2.45) is 0 Å². The highest BCUT2D eigenvalue weighted by atomic mass is 16.3. The lowest BCUT2D eigenvalue weighted by Crippen LogP contribution is -2.21. The fraction of sp³-hybridized carbons (Fsp3) is 0.364. The predicted octanol–water partition coefficient (Wildman–Crippen LogP) is 0.421. The lowest BCUT2D eigenvalue weighted by molar-refractivity contribution is 0.0963.